The zero-order valence-corrected chi connectivity index (χ0v) is 9.33. The number of hydrogen-bond donors (Lipinski definition) is 0. The van der Waals surface area contributed by atoms with E-state index in [1.807, 2.05) is 0 Å². The first-order valence-corrected chi connectivity index (χ1v) is 5.91. The molecule has 0 bridgehead atoms. The standard InChI is InChI=1S/C12H21NO/c1-9(14)12-11-7-5-3-4-6-10(11)8-13(12)2/h10-12H,3-8H2,1-2H3/t10-,11?,12?/m1/s1. The highest BCUT2D eigenvalue weighted by Crippen LogP contribution is 2.38. The molecule has 1 aliphatic heterocycles. The Morgan fingerprint density at radius 3 is 2.64 bits per heavy atom. The van der Waals surface area contributed by atoms with Crippen LogP contribution in [0.1, 0.15) is 39.0 Å². The molecule has 0 amide bonds. The summed E-state index contributed by atoms with van der Waals surface area (Å²) in [6, 6.07) is 0.234. The van der Waals surface area contributed by atoms with Gasteiger partial charge in [0.25, 0.3) is 0 Å². The summed E-state index contributed by atoms with van der Waals surface area (Å²) in [7, 11) is 2.11. The van der Waals surface area contributed by atoms with E-state index in [1.54, 1.807) is 6.92 Å². The minimum atomic E-state index is 0.234. The van der Waals surface area contributed by atoms with Gasteiger partial charge in [-0.25, -0.2) is 0 Å². The van der Waals surface area contributed by atoms with Gasteiger partial charge in [-0.2, -0.15) is 0 Å². The highest BCUT2D eigenvalue weighted by molar-refractivity contribution is 5.82. The van der Waals surface area contributed by atoms with Crippen LogP contribution in [-0.2, 0) is 4.79 Å². The van der Waals surface area contributed by atoms with Crippen LogP contribution in [0.15, 0.2) is 0 Å². The molecule has 0 N–H and O–H groups in total. The summed E-state index contributed by atoms with van der Waals surface area (Å²) in [5.74, 6) is 1.85. The molecule has 0 aromatic rings. The minimum absolute atomic E-state index is 0.234. The van der Waals surface area contributed by atoms with Gasteiger partial charge in [-0.1, -0.05) is 19.3 Å². The first kappa shape index (κ1) is 10.2. The van der Waals surface area contributed by atoms with Crippen LogP contribution in [0.3, 0.4) is 0 Å². The van der Waals surface area contributed by atoms with Crippen LogP contribution in [0, 0.1) is 11.8 Å². The van der Waals surface area contributed by atoms with Crippen molar-refractivity contribution in [3.8, 4) is 0 Å². The SMILES string of the molecule is CC(=O)C1C2CCCCC[C@@H]2CN1C. The summed E-state index contributed by atoms with van der Waals surface area (Å²) >= 11 is 0. The van der Waals surface area contributed by atoms with Crippen LogP contribution < -0.4 is 0 Å². The molecule has 2 aliphatic rings. The number of carbonyl (C=O) groups is 1. The highest BCUT2D eigenvalue weighted by atomic mass is 16.1. The molecule has 1 saturated carbocycles. The fourth-order valence-corrected chi connectivity index (χ4v) is 3.48. The zero-order valence-electron chi connectivity index (χ0n) is 9.33. The van der Waals surface area contributed by atoms with E-state index in [1.165, 1.54) is 32.1 Å². The summed E-state index contributed by atoms with van der Waals surface area (Å²) in [6.07, 6.45) is 6.71. The van der Waals surface area contributed by atoms with E-state index in [-0.39, 0.29) is 6.04 Å². The molecule has 2 nitrogen and oxygen atoms in total. The lowest BCUT2D eigenvalue weighted by Crippen LogP contribution is -2.35. The first-order valence-electron chi connectivity index (χ1n) is 5.91. The molecule has 1 saturated heterocycles. The molecule has 2 unspecified atom stereocenters. The van der Waals surface area contributed by atoms with Gasteiger partial charge >= 0.3 is 0 Å². The number of rotatable bonds is 1. The lowest BCUT2D eigenvalue weighted by molar-refractivity contribution is -0.122. The largest absolute Gasteiger partial charge is 0.298 e. The molecule has 1 aliphatic carbocycles. The Labute approximate surface area is 86.7 Å². The Hall–Kier alpha value is -0.370. The van der Waals surface area contributed by atoms with Crippen LogP contribution >= 0.6 is 0 Å². The Morgan fingerprint density at radius 2 is 1.93 bits per heavy atom. The third-order valence-electron chi connectivity index (χ3n) is 4.04. The van der Waals surface area contributed by atoms with E-state index < -0.39 is 0 Å². The molecule has 2 rings (SSSR count). The fraction of sp³-hybridized carbons (Fsp3) is 0.917. The fourth-order valence-electron chi connectivity index (χ4n) is 3.48. The van der Waals surface area contributed by atoms with Gasteiger partial charge in [0.2, 0.25) is 0 Å². The predicted octanol–water partition coefficient (Wildman–Crippen LogP) is 2.09. The van der Waals surface area contributed by atoms with Crippen molar-refractivity contribution in [1.82, 2.24) is 4.90 Å². The summed E-state index contributed by atoms with van der Waals surface area (Å²) in [5, 5.41) is 0. The maximum Gasteiger partial charge on any atom is 0.147 e. The first-order chi connectivity index (χ1) is 6.70. The number of carbonyl (C=O) groups excluding carboxylic acids is 1. The molecular formula is C12H21NO. The smallest absolute Gasteiger partial charge is 0.147 e. The minimum Gasteiger partial charge on any atom is -0.298 e. The van der Waals surface area contributed by atoms with Gasteiger partial charge in [0.15, 0.2) is 0 Å². The van der Waals surface area contributed by atoms with E-state index in [0.717, 1.165) is 12.5 Å². The molecular weight excluding hydrogens is 174 g/mol. The zero-order chi connectivity index (χ0) is 10.1. The van der Waals surface area contributed by atoms with E-state index in [9.17, 15) is 4.79 Å². The van der Waals surface area contributed by atoms with Gasteiger partial charge in [-0.3, -0.25) is 9.69 Å². The van der Waals surface area contributed by atoms with Crippen molar-refractivity contribution in [2.45, 2.75) is 45.1 Å². The summed E-state index contributed by atoms with van der Waals surface area (Å²) in [6.45, 7) is 2.91. The Bertz CT molecular complexity index is 226. The normalized spacial score (nSPS) is 39.1. The third-order valence-corrected chi connectivity index (χ3v) is 4.04. The van der Waals surface area contributed by atoms with E-state index >= 15 is 0 Å². The second-order valence-electron chi connectivity index (χ2n) is 5.06. The average Bonchev–Trinajstić information content (AvgIpc) is 2.31. The van der Waals surface area contributed by atoms with Crippen molar-refractivity contribution in [2.24, 2.45) is 11.8 Å². The molecule has 0 radical (unpaired) electrons. The lowest BCUT2D eigenvalue weighted by Gasteiger charge is -2.22. The second kappa shape index (κ2) is 4.01. The summed E-state index contributed by atoms with van der Waals surface area (Å²) in [5.41, 5.74) is 0. The van der Waals surface area contributed by atoms with E-state index in [4.69, 9.17) is 0 Å². The van der Waals surface area contributed by atoms with Crippen LogP contribution in [0.5, 0.6) is 0 Å². The molecule has 80 valence electrons. The maximum absolute atomic E-state index is 11.6. The number of hydrogen-bond acceptors (Lipinski definition) is 2. The van der Waals surface area contributed by atoms with Crippen molar-refractivity contribution >= 4 is 5.78 Å². The van der Waals surface area contributed by atoms with Crippen LogP contribution in [0.25, 0.3) is 0 Å². The van der Waals surface area contributed by atoms with Crippen LogP contribution in [-0.4, -0.2) is 30.3 Å². The van der Waals surface area contributed by atoms with E-state index in [0.29, 0.717) is 11.7 Å². The second-order valence-corrected chi connectivity index (χ2v) is 5.06. The quantitative estimate of drug-likeness (QED) is 0.638. The van der Waals surface area contributed by atoms with Crippen LogP contribution in [0.4, 0.5) is 0 Å². The molecule has 2 fully saturated rings. The topological polar surface area (TPSA) is 20.3 Å². The molecule has 14 heavy (non-hydrogen) atoms. The highest BCUT2D eigenvalue weighted by Gasteiger charge is 2.41. The number of nitrogens with zero attached hydrogens (tertiary/aromatic N) is 1. The van der Waals surface area contributed by atoms with Crippen LogP contribution in [0.2, 0.25) is 0 Å². The van der Waals surface area contributed by atoms with Gasteiger partial charge in [0, 0.05) is 6.54 Å². The molecule has 3 atom stereocenters. The third kappa shape index (κ3) is 1.72. The average molecular weight is 195 g/mol. The van der Waals surface area contributed by atoms with Gasteiger partial charge in [-0.15, -0.1) is 0 Å². The van der Waals surface area contributed by atoms with Gasteiger partial charge in [-0.05, 0) is 38.6 Å². The number of Topliss-reactive ketones (excluding diaryl/α,β-unsaturated/α-hetero) is 1. The van der Waals surface area contributed by atoms with Crippen molar-refractivity contribution in [1.29, 1.82) is 0 Å². The van der Waals surface area contributed by atoms with Crippen molar-refractivity contribution < 1.29 is 4.79 Å². The summed E-state index contributed by atoms with van der Waals surface area (Å²) < 4.78 is 0. The van der Waals surface area contributed by atoms with E-state index in [2.05, 4.69) is 11.9 Å². The number of fused-ring (bicyclic) bond motifs is 1. The number of likely N-dealkylation sites (N-methyl/N-ethyl adjacent to an activating group) is 1. The Balaban J connectivity index is 2.13. The predicted molar refractivity (Wildman–Crippen MR) is 57.2 cm³/mol. The Kier molecular flexibility index (Phi) is 2.91. The molecule has 0 aromatic carbocycles. The lowest BCUT2D eigenvalue weighted by atomic mass is 9.85. The monoisotopic (exact) mass is 195 g/mol. The van der Waals surface area contributed by atoms with Gasteiger partial charge in [0.1, 0.15) is 5.78 Å². The molecule has 2 heteroatoms. The van der Waals surface area contributed by atoms with Gasteiger partial charge in [0.05, 0.1) is 6.04 Å². The Morgan fingerprint density at radius 1 is 1.21 bits per heavy atom. The summed E-state index contributed by atoms with van der Waals surface area (Å²) in [4.78, 5) is 13.9. The molecule has 0 aromatic heterocycles. The number of likely N-dealkylation sites (tertiary alicyclic amines) is 1. The number of ketones is 1. The molecule has 1 heterocycles. The molecule has 0 spiro atoms. The van der Waals surface area contributed by atoms with Gasteiger partial charge < -0.3 is 0 Å². The van der Waals surface area contributed by atoms with Crippen molar-refractivity contribution in [3.63, 3.8) is 0 Å². The maximum atomic E-state index is 11.6. The van der Waals surface area contributed by atoms with Crippen molar-refractivity contribution in [3.05, 3.63) is 0 Å². The van der Waals surface area contributed by atoms with Crippen molar-refractivity contribution in [2.75, 3.05) is 13.6 Å².